The molecule has 0 saturated carbocycles. The Bertz CT molecular complexity index is 1250. The number of amides is 2. The summed E-state index contributed by atoms with van der Waals surface area (Å²) < 4.78 is 0. The Balaban J connectivity index is 1.57. The van der Waals surface area contributed by atoms with Gasteiger partial charge in [0.1, 0.15) is 11.7 Å². The molecule has 3 aromatic carbocycles. The van der Waals surface area contributed by atoms with Crippen molar-refractivity contribution in [2.24, 2.45) is 5.92 Å². The average Bonchev–Trinajstić information content (AvgIpc) is 3.31. The number of hydrogen-bond donors (Lipinski definition) is 2. The first-order chi connectivity index (χ1) is 15.9. The summed E-state index contributed by atoms with van der Waals surface area (Å²) in [5.41, 5.74) is 2.48. The molecule has 0 bridgehead atoms. The lowest BCUT2D eigenvalue weighted by molar-refractivity contribution is -0.126. The minimum absolute atomic E-state index is 0.00614. The summed E-state index contributed by atoms with van der Waals surface area (Å²) >= 11 is 0. The van der Waals surface area contributed by atoms with Gasteiger partial charge in [0.25, 0.3) is 5.91 Å². The zero-order valence-electron chi connectivity index (χ0n) is 17.6. The fraction of sp³-hybridized carbons (Fsp3) is 0.160. The Morgan fingerprint density at radius 3 is 2.15 bits per heavy atom. The number of phenols is 1. The van der Waals surface area contributed by atoms with Crippen LogP contribution in [0.3, 0.4) is 0 Å². The Hall–Kier alpha value is -4.17. The van der Waals surface area contributed by atoms with Gasteiger partial charge < -0.3 is 10.2 Å². The van der Waals surface area contributed by atoms with E-state index in [4.69, 9.17) is 9.94 Å². The summed E-state index contributed by atoms with van der Waals surface area (Å²) in [6.45, 7) is 1.95. The van der Waals surface area contributed by atoms with Crippen LogP contribution in [-0.4, -0.2) is 34.1 Å². The highest BCUT2D eigenvalue weighted by Gasteiger charge is 2.60. The Morgan fingerprint density at radius 2 is 1.52 bits per heavy atom. The van der Waals surface area contributed by atoms with Crippen LogP contribution in [0.4, 0.5) is 11.4 Å². The van der Waals surface area contributed by atoms with Gasteiger partial charge in [-0.25, -0.2) is 14.8 Å². The lowest BCUT2D eigenvalue weighted by Gasteiger charge is -2.29. The largest absolute Gasteiger partial charge is 0.508 e. The van der Waals surface area contributed by atoms with Crippen molar-refractivity contribution in [2.75, 3.05) is 9.96 Å². The fourth-order valence-electron chi connectivity index (χ4n) is 4.39. The zero-order chi connectivity index (χ0) is 23.3. The number of nitrogens with zero attached hydrogens (tertiary/aromatic N) is 2. The van der Waals surface area contributed by atoms with Crippen molar-refractivity contribution in [1.29, 1.82) is 0 Å². The molecule has 166 valence electrons. The molecule has 3 atom stereocenters. The molecule has 8 nitrogen and oxygen atoms in total. The van der Waals surface area contributed by atoms with Crippen molar-refractivity contribution in [3.05, 3.63) is 89.5 Å². The SMILES string of the molecule is Cc1ccc(N2O[C@H]3C(=O)N(c4ccc(C(=O)O)cc4)C(=O)[C@H]3[C@@H]2c2ccccc2O)cc1. The zero-order valence-corrected chi connectivity index (χ0v) is 17.6. The van der Waals surface area contributed by atoms with Gasteiger partial charge in [0, 0.05) is 5.56 Å². The molecule has 0 aromatic heterocycles. The van der Waals surface area contributed by atoms with Gasteiger partial charge in [-0.2, -0.15) is 0 Å². The van der Waals surface area contributed by atoms with Crippen molar-refractivity contribution in [3.8, 4) is 5.75 Å². The first kappa shape index (κ1) is 20.7. The van der Waals surface area contributed by atoms with E-state index in [1.54, 1.807) is 18.2 Å². The molecular formula is C25H20N2O6. The predicted molar refractivity (Wildman–Crippen MR) is 119 cm³/mol. The molecule has 5 rings (SSSR count). The Labute approximate surface area is 189 Å². The van der Waals surface area contributed by atoms with Crippen molar-refractivity contribution < 1.29 is 29.4 Å². The Morgan fingerprint density at radius 1 is 0.879 bits per heavy atom. The number of fused-ring (bicyclic) bond motifs is 1. The average molecular weight is 444 g/mol. The summed E-state index contributed by atoms with van der Waals surface area (Å²) in [6.07, 6.45) is -1.08. The molecule has 0 unspecified atom stereocenters. The standard InChI is InChI=1S/C25H20N2O6/c1-14-6-10-17(11-7-14)27-21(18-4-2-3-5-19(18)28)20-22(33-27)24(30)26(23(20)29)16-12-8-15(9-13-16)25(31)32/h2-13,20-22,28H,1H3,(H,31,32)/t20-,21-,22+/m0/s1. The number of imide groups is 1. The quantitative estimate of drug-likeness (QED) is 0.594. The normalized spacial score (nSPS) is 22.0. The molecule has 2 N–H and O–H groups in total. The van der Waals surface area contributed by atoms with Gasteiger partial charge in [-0.05, 0) is 49.4 Å². The highest BCUT2D eigenvalue weighted by molar-refractivity contribution is 6.24. The minimum atomic E-state index is -1.10. The first-order valence-electron chi connectivity index (χ1n) is 10.4. The second kappa shape index (κ2) is 7.75. The van der Waals surface area contributed by atoms with E-state index in [0.29, 0.717) is 11.3 Å². The van der Waals surface area contributed by atoms with Crippen LogP contribution in [0.1, 0.15) is 27.5 Å². The van der Waals surface area contributed by atoms with Crippen LogP contribution in [0.15, 0.2) is 72.8 Å². The maximum absolute atomic E-state index is 13.5. The van der Waals surface area contributed by atoms with Crippen molar-refractivity contribution in [3.63, 3.8) is 0 Å². The minimum Gasteiger partial charge on any atom is -0.508 e. The molecule has 0 spiro atoms. The number of anilines is 2. The second-order valence-corrected chi connectivity index (χ2v) is 8.08. The topological polar surface area (TPSA) is 107 Å². The summed E-state index contributed by atoms with van der Waals surface area (Å²) in [5, 5.41) is 21.2. The molecule has 2 heterocycles. The maximum atomic E-state index is 13.5. The predicted octanol–water partition coefficient (Wildman–Crippen LogP) is 3.45. The number of carboxylic acids is 1. The van der Waals surface area contributed by atoms with Gasteiger partial charge in [-0.3, -0.25) is 14.4 Å². The van der Waals surface area contributed by atoms with Gasteiger partial charge >= 0.3 is 5.97 Å². The molecule has 8 heteroatoms. The second-order valence-electron chi connectivity index (χ2n) is 8.08. The van der Waals surface area contributed by atoms with Gasteiger partial charge in [0.15, 0.2) is 6.10 Å². The number of carbonyl (C=O) groups is 3. The van der Waals surface area contributed by atoms with Crippen LogP contribution in [0.2, 0.25) is 0 Å². The summed E-state index contributed by atoms with van der Waals surface area (Å²) in [6, 6.07) is 18.9. The monoisotopic (exact) mass is 444 g/mol. The number of carbonyl (C=O) groups excluding carboxylic acids is 2. The number of aromatic hydroxyl groups is 1. The van der Waals surface area contributed by atoms with E-state index < -0.39 is 35.8 Å². The Kier molecular flexibility index (Phi) is 4.87. The maximum Gasteiger partial charge on any atom is 0.335 e. The highest BCUT2D eigenvalue weighted by atomic mass is 16.7. The number of hydroxylamine groups is 1. The van der Waals surface area contributed by atoms with E-state index in [1.807, 2.05) is 31.2 Å². The van der Waals surface area contributed by atoms with Crippen molar-refractivity contribution >= 4 is 29.2 Å². The molecule has 2 fully saturated rings. The van der Waals surface area contributed by atoms with Gasteiger partial charge in [-0.15, -0.1) is 0 Å². The highest BCUT2D eigenvalue weighted by Crippen LogP contribution is 2.49. The molecular weight excluding hydrogens is 424 g/mol. The van der Waals surface area contributed by atoms with E-state index in [1.165, 1.54) is 35.4 Å². The number of hydrogen-bond acceptors (Lipinski definition) is 6. The lowest BCUT2D eigenvalue weighted by atomic mass is 9.90. The van der Waals surface area contributed by atoms with Crippen LogP contribution >= 0.6 is 0 Å². The third-order valence-electron chi connectivity index (χ3n) is 6.03. The summed E-state index contributed by atoms with van der Waals surface area (Å²) in [5.74, 6) is -3.02. The number of phenolic OH excluding ortho intramolecular Hbond substituents is 1. The molecule has 2 amide bonds. The van der Waals surface area contributed by atoms with E-state index >= 15 is 0 Å². The van der Waals surface area contributed by atoms with E-state index in [0.717, 1.165) is 10.5 Å². The third-order valence-corrected chi connectivity index (χ3v) is 6.03. The van der Waals surface area contributed by atoms with Crippen LogP contribution in [0.5, 0.6) is 5.75 Å². The molecule has 2 aliphatic heterocycles. The van der Waals surface area contributed by atoms with Crippen LogP contribution in [0.25, 0.3) is 0 Å². The molecule has 2 saturated heterocycles. The van der Waals surface area contributed by atoms with Gasteiger partial charge in [-0.1, -0.05) is 35.9 Å². The molecule has 3 aromatic rings. The van der Waals surface area contributed by atoms with Gasteiger partial charge in [0.2, 0.25) is 5.91 Å². The smallest absolute Gasteiger partial charge is 0.335 e. The van der Waals surface area contributed by atoms with Crippen LogP contribution in [0, 0.1) is 12.8 Å². The number of aryl methyl sites for hydroxylation is 1. The van der Waals surface area contributed by atoms with E-state index in [2.05, 4.69) is 0 Å². The number of benzene rings is 3. The molecule has 33 heavy (non-hydrogen) atoms. The molecule has 0 radical (unpaired) electrons. The van der Waals surface area contributed by atoms with E-state index in [-0.39, 0.29) is 17.0 Å². The summed E-state index contributed by atoms with van der Waals surface area (Å²) in [4.78, 5) is 45.0. The van der Waals surface area contributed by atoms with Crippen LogP contribution < -0.4 is 9.96 Å². The van der Waals surface area contributed by atoms with Crippen molar-refractivity contribution in [2.45, 2.75) is 19.1 Å². The third kappa shape index (κ3) is 3.32. The first-order valence-corrected chi connectivity index (χ1v) is 10.4. The lowest BCUT2D eigenvalue weighted by Crippen LogP contribution is -2.37. The van der Waals surface area contributed by atoms with E-state index in [9.17, 15) is 19.5 Å². The van der Waals surface area contributed by atoms with Crippen molar-refractivity contribution in [1.82, 2.24) is 0 Å². The summed E-state index contributed by atoms with van der Waals surface area (Å²) in [7, 11) is 0. The van der Waals surface area contributed by atoms with Crippen LogP contribution in [-0.2, 0) is 14.4 Å². The number of para-hydroxylation sites is 1. The van der Waals surface area contributed by atoms with Gasteiger partial charge in [0.05, 0.1) is 23.0 Å². The number of aromatic carboxylic acids is 1. The fourth-order valence-corrected chi connectivity index (χ4v) is 4.39. The number of rotatable bonds is 4. The molecule has 0 aliphatic carbocycles. The number of carboxylic acid groups (broad SMARTS) is 1. The molecule has 2 aliphatic rings.